The van der Waals surface area contributed by atoms with E-state index in [1.807, 2.05) is 182 Å². The molecule has 0 radical (unpaired) electrons. The Labute approximate surface area is 838 Å². The van der Waals surface area contributed by atoms with E-state index in [2.05, 4.69) is 361 Å². The Morgan fingerprint density at radius 2 is 0.274 bits per heavy atom. The van der Waals surface area contributed by atoms with Gasteiger partial charge in [-0.3, -0.25) is 0 Å². The number of aromatic nitrogens is 15. The number of benzene rings is 20. The van der Waals surface area contributed by atoms with Gasteiger partial charge in [-0.2, -0.15) is 0 Å². The molecule has 0 bridgehead atoms. The predicted molar refractivity (Wildman–Crippen MR) is 597 cm³/mol. The van der Waals surface area contributed by atoms with Gasteiger partial charge in [0.2, 0.25) is 0 Å². The fourth-order valence-electron chi connectivity index (χ4n) is 21.2. The van der Waals surface area contributed by atoms with Crippen LogP contribution in [0, 0.1) is 0 Å². The first-order chi connectivity index (χ1) is 72.5. The number of nitrogens with zero attached hydrogens (tertiary/aromatic N) is 15. The van der Waals surface area contributed by atoms with E-state index < -0.39 is 0 Å². The summed E-state index contributed by atoms with van der Waals surface area (Å²) in [6, 6.07) is 180. The van der Waals surface area contributed by atoms with Crippen molar-refractivity contribution in [3.8, 4) is 137 Å². The minimum Gasteiger partial charge on any atom is -0.309 e. The zero-order chi connectivity index (χ0) is 96.5. The summed E-state index contributed by atoms with van der Waals surface area (Å²) in [6.45, 7) is 0. The molecule has 0 saturated heterocycles. The number of hydrogen-bond acceptors (Lipinski definition) is 9. The Balaban J connectivity index is 0.000000109. The molecule has 0 N–H and O–H groups in total. The molecule has 29 rings (SSSR count). The standard InChI is InChI=1S/2C45H29N5.C41H27N5/c1-4-14-30(15-5-1)43-46-44(31-16-6-2-7-17-31)48-45(47-43)32-24-26-34(27-25-32)49-39-23-13-11-21-37(39)41-40(49)29-28-36-35-20-10-12-22-38(35)50(42(36)41)33-18-8-3-9-19-33;1-4-14-30(15-5-1)43-46-44(31-16-6-2-7-17-31)48-45(47-43)32-24-26-34(27-25-32)50-38-22-12-10-20-35(38)36-28-29-40-41(42(36)50)37-21-11-13-23-39(37)49(40)33-18-8-3-9-19-33;1-4-14-28(15-5-1)39-42-40(29-16-6-2-7-17-29)44-41(43-39)30-24-26-32(27-25-30)46-36-23-13-11-21-34(36)37-38(46)33-20-10-12-22-35(33)45(37)31-18-8-3-9-19-31/h2*1-29H;1-27H. The van der Waals surface area contributed by atoms with Crippen molar-refractivity contribution in [2.45, 2.75) is 0 Å². The third-order valence-corrected chi connectivity index (χ3v) is 27.7. The Morgan fingerprint density at radius 3 is 0.527 bits per heavy atom. The fourth-order valence-corrected chi connectivity index (χ4v) is 21.2. The van der Waals surface area contributed by atoms with Crippen molar-refractivity contribution in [3.05, 3.63) is 516 Å². The second-order valence-corrected chi connectivity index (χ2v) is 36.3. The second kappa shape index (κ2) is 36.3. The molecule has 0 fully saturated rings. The van der Waals surface area contributed by atoms with Crippen molar-refractivity contribution >= 4 is 120 Å². The highest BCUT2D eigenvalue weighted by Gasteiger charge is 2.28. The molecule has 9 heterocycles. The van der Waals surface area contributed by atoms with E-state index in [-0.39, 0.29) is 0 Å². The molecule has 15 heteroatoms. The molecule has 0 atom stereocenters. The molecule has 684 valence electrons. The quantitative estimate of drug-likeness (QED) is 0.0979. The Hall–Kier alpha value is -20.0. The van der Waals surface area contributed by atoms with Crippen LogP contribution in [0.2, 0.25) is 0 Å². The van der Waals surface area contributed by atoms with Crippen LogP contribution in [0.4, 0.5) is 0 Å². The Bertz CT molecular complexity index is 9810. The lowest BCUT2D eigenvalue weighted by molar-refractivity contribution is 1.07. The van der Waals surface area contributed by atoms with Gasteiger partial charge >= 0.3 is 0 Å². The van der Waals surface area contributed by atoms with E-state index >= 15 is 0 Å². The molecule has 15 nitrogen and oxygen atoms in total. The fraction of sp³-hybridized carbons (Fsp3) is 0. The van der Waals surface area contributed by atoms with Crippen LogP contribution in [0.3, 0.4) is 0 Å². The minimum atomic E-state index is 0.639. The van der Waals surface area contributed by atoms with Gasteiger partial charge in [-0.1, -0.05) is 358 Å². The lowest BCUT2D eigenvalue weighted by atomic mass is 10.1. The molecule has 0 aliphatic rings. The summed E-state index contributed by atoms with van der Waals surface area (Å²) >= 11 is 0. The normalized spacial score (nSPS) is 11.6. The van der Waals surface area contributed by atoms with Gasteiger partial charge in [0.25, 0.3) is 0 Å². The van der Waals surface area contributed by atoms with Gasteiger partial charge in [0.05, 0.1) is 66.2 Å². The van der Waals surface area contributed by atoms with E-state index in [0.29, 0.717) is 52.4 Å². The highest BCUT2D eigenvalue weighted by Crippen LogP contribution is 2.47. The monoisotopic (exact) mass is 1870 g/mol. The first-order valence-electron chi connectivity index (χ1n) is 49.0. The van der Waals surface area contributed by atoms with Crippen molar-refractivity contribution in [3.63, 3.8) is 0 Å². The maximum atomic E-state index is 4.97. The largest absolute Gasteiger partial charge is 0.309 e. The lowest BCUT2D eigenvalue weighted by Crippen LogP contribution is -2.00. The van der Waals surface area contributed by atoms with Crippen molar-refractivity contribution in [1.29, 1.82) is 0 Å². The second-order valence-electron chi connectivity index (χ2n) is 36.3. The molecule has 0 aliphatic carbocycles. The molecule has 20 aromatic carbocycles. The first-order valence-corrected chi connectivity index (χ1v) is 49.0. The average Bonchev–Trinajstić information content (AvgIpc) is 1.51. The van der Waals surface area contributed by atoms with Crippen molar-refractivity contribution in [2.75, 3.05) is 0 Å². The van der Waals surface area contributed by atoms with Gasteiger partial charge < -0.3 is 27.4 Å². The zero-order valence-electron chi connectivity index (χ0n) is 78.8. The summed E-state index contributed by atoms with van der Waals surface area (Å²) in [7, 11) is 0. The van der Waals surface area contributed by atoms with E-state index in [0.717, 1.165) is 106 Å². The van der Waals surface area contributed by atoms with Crippen molar-refractivity contribution in [2.24, 2.45) is 0 Å². The van der Waals surface area contributed by atoms with Crippen LogP contribution >= 0.6 is 0 Å². The minimum absolute atomic E-state index is 0.639. The summed E-state index contributed by atoms with van der Waals surface area (Å²) < 4.78 is 14.4. The summed E-state index contributed by atoms with van der Waals surface area (Å²) in [5, 5.41) is 12.3. The molecule has 0 saturated carbocycles. The van der Waals surface area contributed by atoms with Crippen molar-refractivity contribution < 1.29 is 0 Å². The zero-order valence-corrected chi connectivity index (χ0v) is 78.8. The summed E-state index contributed by atoms with van der Waals surface area (Å²) in [5.74, 6) is 5.83. The van der Waals surface area contributed by atoms with Crippen LogP contribution in [0.25, 0.3) is 257 Å². The van der Waals surface area contributed by atoms with Crippen LogP contribution in [0.1, 0.15) is 0 Å². The SMILES string of the molecule is c1ccc(-c2nc(-c3ccccc3)nc(-c3ccc(-n4c5ccccc5c5c4c4ccccc4n5-c4ccccc4)cc3)n2)cc1.c1ccc(-c2nc(-c3ccccc3)nc(-c3ccc(-n4c5ccccc5c5c4ccc4c6ccccc6n(-c6ccccc6)c45)cc3)n2)cc1.c1ccc(-c2nc(-c3ccccc3)nc(-c3ccc(-n4c5ccccc5c5ccc6c(c7ccccc7n6-c6ccccc6)c54)cc3)n2)cc1. The number of hydrogen-bond donors (Lipinski definition) is 0. The van der Waals surface area contributed by atoms with Crippen LogP contribution in [-0.2, 0) is 0 Å². The van der Waals surface area contributed by atoms with E-state index in [9.17, 15) is 0 Å². The number of fused-ring (bicyclic) bond motifs is 19. The van der Waals surface area contributed by atoms with Gasteiger partial charge in [0.15, 0.2) is 52.4 Å². The Morgan fingerprint density at radius 1 is 0.103 bits per heavy atom. The maximum Gasteiger partial charge on any atom is 0.164 e. The van der Waals surface area contributed by atoms with Gasteiger partial charge in [-0.15, -0.1) is 0 Å². The van der Waals surface area contributed by atoms with E-state index in [1.54, 1.807) is 0 Å². The molecule has 9 aromatic heterocycles. The highest BCUT2D eigenvalue weighted by atomic mass is 15.1. The maximum absolute atomic E-state index is 4.97. The van der Waals surface area contributed by atoms with Gasteiger partial charge in [-0.05, 0) is 158 Å². The summed E-state index contributed by atoms with van der Waals surface area (Å²) in [6.07, 6.45) is 0. The average molecular weight is 1870 g/mol. The van der Waals surface area contributed by atoms with Crippen LogP contribution < -0.4 is 0 Å². The van der Waals surface area contributed by atoms with Gasteiger partial charge in [0, 0.05) is 138 Å². The molecular formula is C131H85N15. The molecule has 0 aliphatic heterocycles. The highest BCUT2D eigenvalue weighted by molar-refractivity contribution is 6.28. The number of para-hydroxylation sites is 9. The van der Waals surface area contributed by atoms with E-state index in [1.165, 1.54) is 98.0 Å². The van der Waals surface area contributed by atoms with Crippen LogP contribution in [0.5, 0.6) is 0 Å². The first kappa shape index (κ1) is 85.2. The topological polar surface area (TPSA) is 146 Å². The van der Waals surface area contributed by atoms with Gasteiger partial charge in [0.1, 0.15) is 0 Å². The third-order valence-electron chi connectivity index (χ3n) is 27.7. The molecule has 0 spiro atoms. The Kier molecular flexibility index (Phi) is 21.2. The molecule has 29 aromatic rings. The third kappa shape index (κ3) is 15.0. The van der Waals surface area contributed by atoms with Gasteiger partial charge in [-0.25, -0.2) is 44.9 Å². The van der Waals surface area contributed by atoms with Crippen LogP contribution in [-0.4, -0.2) is 72.3 Å². The summed E-state index contributed by atoms with van der Waals surface area (Å²) in [4.78, 5) is 44.3. The van der Waals surface area contributed by atoms with Crippen LogP contribution in [0.15, 0.2) is 516 Å². The summed E-state index contributed by atoms with van der Waals surface area (Å²) in [5.41, 5.74) is 29.3. The molecule has 0 unspecified atom stereocenters. The smallest absolute Gasteiger partial charge is 0.164 e. The molecule has 146 heavy (non-hydrogen) atoms. The molecular weight excluding hydrogens is 1780 g/mol. The van der Waals surface area contributed by atoms with E-state index in [4.69, 9.17) is 44.9 Å². The molecule has 0 amide bonds. The van der Waals surface area contributed by atoms with Crippen molar-refractivity contribution in [1.82, 2.24) is 72.3 Å². The lowest BCUT2D eigenvalue weighted by Gasteiger charge is -2.11. The number of rotatable bonds is 15. The predicted octanol–water partition coefficient (Wildman–Crippen LogP) is 32.0.